The second-order valence-electron chi connectivity index (χ2n) is 5.31. The second kappa shape index (κ2) is 4.48. The van der Waals surface area contributed by atoms with E-state index in [1.165, 1.54) is 0 Å². The van der Waals surface area contributed by atoms with Crippen molar-refractivity contribution in [2.75, 3.05) is 19.7 Å². The maximum absolute atomic E-state index is 12.0. The van der Waals surface area contributed by atoms with Gasteiger partial charge in [-0.3, -0.25) is 14.5 Å². The molecule has 0 aliphatic carbocycles. The van der Waals surface area contributed by atoms with Crippen molar-refractivity contribution >= 4 is 18.0 Å². The van der Waals surface area contributed by atoms with Crippen LogP contribution in [0.15, 0.2) is 0 Å². The maximum atomic E-state index is 12.0. The number of carboxylic acid groups (broad SMARTS) is 1. The van der Waals surface area contributed by atoms with Gasteiger partial charge in [-0.05, 0) is 19.3 Å². The lowest BCUT2D eigenvalue weighted by Crippen LogP contribution is -2.43. The number of ether oxygens (including phenoxy) is 1. The predicted molar refractivity (Wildman–Crippen MR) is 62.3 cm³/mol. The van der Waals surface area contributed by atoms with Crippen LogP contribution in [0.5, 0.6) is 0 Å². The Morgan fingerprint density at radius 3 is 2.74 bits per heavy atom. The Labute approximate surface area is 110 Å². The lowest BCUT2D eigenvalue weighted by atomic mass is 9.89. The second-order valence-corrected chi connectivity index (χ2v) is 5.31. The summed E-state index contributed by atoms with van der Waals surface area (Å²) in [7, 11) is 0. The van der Waals surface area contributed by atoms with Crippen molar-refractivity contribution in [1.82, 2.24) is 9.80 Å². The highest BCUT2D eigenvalue weighted by atomic mass is 16.6. The Balaban J connectivity index is 1.66. The SMILES string of the molecule is O=C(O)C1CC2CCC1N2CC(=O)N1CCOC1=O. The van der Waals surface area contributed by atoms with E-state index >= 15 is 0 Å². The van der Waals surface area contributed by atoms with Crippen LogP contribution < -0.4 is 0 Å². The fourth-order valence-electron chi connectivity index (χ4n) is 3.47. The molecule has 3 atom stereocenters. The number of carbonyl (C=O) groups excluding carboxylic acids is 2. The van der Waals surface area contributed by atoms with Crippen LogP contribution in [0.1, 0.15) is 19.3 Å². The lowest BCUT2D eigenvalue weighted by Gasteiger charge is -2.23. The first-order valence-corrected chi connectivity index (χ1v) is 6.53. The molecule has 7 heteroatoms. The molecule has 0 saturated carbocycles. The van der Waals surface area contributed by atoms with E-state index in [-0.39, 0.29) is 37.1 Å². The summed E-state index contributed by atoms with van der Waals surface area (Å²) < 4.78 is 4.73. The van der Waals surface area contributed by atoms with Crippen molar-refractivity contribution < 1.29 is 24.2 Å². The van der Waals surface area contributed by atoms with Crippen molar-refractivity contribution in [3.63, 3.8) is 0 Å². The van der Waals surface area contributed by atoms with Crippen LogP contribution in [0, 0.1) is 5.92 Å². The van der Waals surface area contributed by atoms with Gasteiger partial charge in [-0.25, -0.2) is 9.69 Å². The van der Waals surface area contributed by atoms with Crippen LogP contribution in [0.25, 0.3) is 0 Å². The van der Waals surface area contributed by atoms with Crippen LogP contribution in [-0.4, -0.2) is 64.7 Å². The van der Waals surface area contributed by atoms with Crippen molar-refractivity contribution in [2.24, 2.45) is 5.92 Å². The number of nitrogens with zero attached hydrogens (tertiary/aromatic N) is 2. The number of imide groups is 1. The van der Waals surface area contributed by atoms with Gasteiger partial charge >= 0.3 is 12.1 Å². The number of fused-ring (bicyclic) bond motifs is 2. The minimum Gasteiger partial charge on any atom is -0.481 e. The fourth-order valence-corrected chi connectivity index (χ4v) is 3.47. The molecule has 0 aromatic heterocycles. The van der Waals surface area contributed by atoms with E-state index in [0.717, 1.165) is 17.7 Å². The van der Waals surface area contributed by atoms with Gasteiger partial charge in [0.25, 0.3) is 0 Å². The van der Waals surface area contributed by atoms with E-state index < -0.39 is 12.1 Å². The van der Waals surface area contributed by atoms with Crippen molar-refractivity contribution in [3.8, 4) is 0 Å². The molecule has 3 aliphatic heterocycles. The monoisotopic (exact) mass is 268 g/mol. The zero-order valence-corrected chi connectivity index (χ0v) is 10.4. The third-order valence-corrected chi connectivity index (χ3v) is 4.38. The van der Waals surface area contributed by atoms with E-state index in [1.807, 2.05) is 4.90 Å². The summed E-state index contributed by atoms with van der Waals surface area (Å²) in [4.78, 5) is 37.5. The number of hydrogen-bond acceptors (Lipinski definition) is 5. The molecule has 19 heavy (non-hydrogen) atoms. The molecule has 7 nitrogen and oxygen atoms in total. The van der Waals surface area contributed by atoms with Gasteiger partial charge in [0.1, 0.15) is 6.61 Å². The molecular formula is C12H16N2O5. The standard InChI is InChI=1S/C12H16N2O5/c15-10(13-3-4-19-12(13)18)6-14-7-1-2-9(14)8(5-7)11(16)17/h7-9H,1-6H2,(H,16,17). The summed E-state index contributed by atoms with van der Waals surface area (Å²) in [6.07, 6.45) is 1.77. The first-order valence-electron chi connectivity index (χ1n) is 6.53. The average Bonchev–Trinajstić information content (AvgIpc) is 3.04. The highest BCUT2D eigenvalue weighted by Crippen LogP contribution is 2.41. The normalized spacial score (nSPS) is 33.8. The van der Waals surface area contributed by atoms with Gasteiger partial charge in [0.05, 0.1) is 19.0 Å². The summed E-state index contributed by atoms with van der Waals surface area (Å²) in [6.45, 7) is 0.659. The Morgan fingerprint density at radius 2 is 2.16 bits per heavy atom. The summed E-state index contributed by atoms with van der Waals surface area (Å²) >= 11 is 0. The Morgan fingerprint density at radius 1 is 1.37 bits per heavy atom. The van der Waals surface area contributed by atoms with Gasteiger partial charge in [-0.15, -0.1) is 0 Å². The number of hydrogen-bond donors (Lipinski definition) is 1. The molecule has 0 spiro atoms. The molecule has 3 aliphatic rings. The number of rotatable bonds is 3. The zero-order valence-electron chi connectivity index (χ0n) is 10.4. The summed E-state index contributed by atoms with van der Waals surface area (Å²) in [5.41, 5.74) is 0. The molecule has 3 unspecified atom stereocenters. The van der Waals surface area contributed by atoms with Crippen LogP contribution >= 0.6 is 0 Å². The summed E-state index contributed by atoms with van der Waals surface area (Å²) in [5, 5.41) is 9.14. The molecule has 104 valence electrons. The van der Waals surface area contributed by atoms with Gasteiger partial charge in [-0.2, -0.15) is 0 Å². The van der Waals surface area contributed by atoms with Crippen molar-refractivity contribution in [1.29, 1.82) is 0 Å². The quantitative estimate of drug-likeness (QED) is 0.769. The van der Waals surface area contributed by atoms with E-state index in [4.69, 9.17) is 9.84 Å². The third kappa shape index (κ3) is 1.98. The molecule has 2 bridgehead atoms. The number of carboxylic acids is 1. The molecule has 3 heterocycles. The van der Waals surface area contributed by atoms with Crippen LogP contribution in [-0.2, 0) is 14.3 Å². The van der Waals surface area contributed by atoms with E-state index in [2.05, 4.69) is 0 Å². The molecule has 3 rings (SSSR count). The minimum absolute atomic E-state index is 0.0647. The van der Waals surface area contributed by atoms with E-state index in [1.54, 1.807) is 0 Å². The van der Waals surface area contributed by atoms with Gasteiger partial charge in [0, 0.05) is 12.1 Å². The number of aliphatic carboxylic acids is 1. The smallest absolute Gasteiger partial charge is 0.416 e. The van der Waals surface area contributed by atoms with Crippen LogP contribution in [0.2, 0.25) is 0 Å². The largest absolute Gasteiger partial charge is 0.481 e. The Bertz CT molecular complexity index is 438. The van der Waals surface area contributed by atoms with Crippen LogP contribution in [0.3, 0.4) is 0 Å². The summed E-state index contributed by atoms with van der Waals surface area (Å²) in [6, 6.07) is 0.0961. The van der Waals surface area contributed by atoms with Gasteiger partial charge in [0.15, 0.2) is 0 Å². The molecule has 0 aromatic carbocycles. The first-order chi connectivity index (χ1) is 9.08. The van der Waals surface area contributed by atoms with Gasteiger partial charge in [0.2, 0.25) is 5.91 Å². The number of amides is 2. The lowest BCUT2D eigenvalue weighted by molar-refractivity contribution is -0.143. The molecule has 3 fully saturated rings. The van der Waals surface area contributed by atoms with Crippen LogP contribution in [0.4, 0.5) is 4.79 Å². The fraction of sp³-hybridized carbons (Fsp3) is 0.750. The van der Waals surface area contributed by atoms with Gasteiger partial charge < -0.3 is 9.84 Å². The topological polar surface area (TPSA) is 87.2 Å². The maximum Gasteiger partial charge on any atom is 0.416 e. The van der Waals surface area contributed by atoms with Crippen molar-refractivity contribution in [2.45, 2.75) is 31.3 Å². The minimum atomic E-state index is -0.787. The Hall–Kier alpha value is -1.63. The molecule has 0 aromatic rings. The van der Waals surface area contributed by atoms with E-state index in [9.17, 15) is 14.4 Å². The predicted octanol–water partition coefficient (Wildman–Crippen LogP) is -0.0973. The zero-order chi connectivity index (χ0) is 13.6. The number of carbonyl (C=O) groups is 3. The molecule has 0 radical (unpaired) electrons. The third-order valence-electron chi connectivity index (χ3n) is 4.38. The van der Waals surface area contributed by atoms with E-state index in [0.29, 0.717) is 13.0 Å². The molecular weight excluding hydrogens is 252 g/mol. The van der Waals surface area contributed by atoms with Crippen molar-refractivity contribution in [3.05, 3.63) is 0 Å². The summed E-state index contributed by atoms with van der Waals surface area (Å²) in [5.74, 6) is -1.45. The highest BCUT2D eigenvalue weighted by molar-refractivity contribution is 5.94. The average molecular weight is 268 g/mol. The first kappa shape index (κ1) is 12.4. The molecule has 2 amide bonds. The highest BCUT2D eigenvalue weighted by Gasteiger charge is 2.50. The Kier molecular flexibility index (Phi) is 2.93. The number of cyclic esters (lactones) is 1. The molecule has 3 saturated heterocycles. The molecule has 1 N–H and O–H groups in total. The van der Waals surface area contributed by atoms with Gasteiger partial charge in [-0.1, -0.05) is 0 Å².